The second kappa shape index (κ2) is 13.9. The number of amides is 5. The quantitative estimate of drug-likeness (QED) is 0.157. The van der Waals surface area contributed by atoms with E-state index in [2.05, 4.69) is 21.3 Å². The van der Waals surface area contributed by atoms with Gasteiger partial charge in [0, 0.05) is 0 Å². The summed E-state index contributed by atoms with van der Waals surface area (Å²) in [7, 11) is 0. The Kier molecular flexibility index (Phi) is 12.3. The van der Waals surface area contributed by atoms with Crippen LogP contribution in [0.25, 0.3) is 0 Å². The van der Waals surface area contributed by atoms with Crippen molar-refractivity contribution in [2.45, 2.75) is 26.3 Å². The standard InChI is InChI=1S/C16H28N6O7/c1-9(2)3-10(17)16(29)22-7-14(26)20-5-12(24)18-4-11(23)19-6-13(25)21-8-15(27)28/h9-10H,3-8,17H2,1-2H3,(H,18,24)(H,19,23)(H,20,26)(H,21,25)(H,22,29)(H,27,28)/t10-/m0/s1. The van der Waals surface area contributed by atoms with Crippen molar-refractivity contribution >= 4 is 35.5 Å². The monoisotopic (exact) mass is 416 g/mol. The maximum Gasteiger partial charge on any atom is 0.322 e. The van der Waals surface area contributed by atoms with Crippen molar-refractivity contribution in [2.24, 2.45) is 11.7 Å². The summed E-state index contributed by atoms with van der Waals surface area (Å²) >= 11 is 0. The molecule has 0 rings (SSSR count). The number of hydrogen-bond donors (Lipinski definition) is 7. The number of hydrogen-bond acceptors (Lipinski definition) is 7. The number of nitrogens with one attached hydrogen (secondary N) is 5. The molecule has 0 aromatic heterocycles. The number of nitrogens with two attached hydrogens (primary N) is 1. The van der Waals surface area contributed by atoms with Gasteiger partial charge in [-0.05, 0) is 12.3 Å². The minimum Gasteiger partial charge on any atom is -0.480 e. The van der Waals surface area contributed by atoms with E-state index in [1.54, 1.807) is 0 Å². The summed E-state index contributed by atoms with van der Waals surface area (Å²) in [6, 6.07) is -0.726. The maximum atomic E-state index is 11.7. The molecule has 0 saturated heterocycles. The third-order valence-electron chi connectivity index (χ3n) is 3.26. The average Bonchev–Trinajstić information content (AvgIpc) is 2.64. The van der Waals surface area contributed by atoms with Gasteiger partial charge in [0.25, 0.3) is 0 Å². The lowest BCUT2D eigenvalue weighted by Crippen LogP contribution is -2.47. The van der Waals surface area contributed by atoms with Gasteiger partial charge in [-0.15, -0.1) is 0 Å². The summed E-state index contributed by atoms with van der Waals surface area (Å²) in [5.74, 6) is -4.11. The lowest BCUT2D eigenvalue weighted by atomic mass is 10.0. The normalized spacial score (nSPS) is 11.2. The van der Waals surface area contributed by atoms with Crippen LogP contribution < -0.4 is 32.3 Å². The molecule has 0 unspecified atom stereocenters. The molecular weight excluding hydrogens is 388 g/mol. The van der Waals surface area contributed by atoms with Gasteiger partial charge >= 0.3 is 5.97 Å². The Hall–Kier alpha value is -3.22. The van der Waals surface area contributed by atoms with Gasteiger partial charge in [0.1, 0.15) is 6.54 Å². The molecule has 0 aliphatic heterocycles. The fourth-order valence-electron chi connectivity index (χ4n) is 1.87. The summed E-state index contributed by atoms with van der Waals surface area (Å²) in [5.41, 5.74) is 5.67. The summed E-state index contributed by atoms with van der Waals surface area (Å²) in [6.45, 7) is 1.59. The minimum atomic E-state index is -1.23. The molecule has 0 spiro atoms. The molecule has 5 amide bonds. The predicted molar refractivity (Wildman–Crippen MR) is 100 cm³/mol. The van der Waals surface area contributed by atoms with Crippen LogP contribution in [0.2, 0.25) is 0 Å². The largest absolute Gasteiger partial charge is 0.480 e. The van der Waals surface area contributed by atoms with Crippen LogP contribution in [-0.2, 0) is 28.8 Å². The summed E-state index contributed by atoms with van der Waals surface area (Å²) < 4.78 is 0. The maximum absolute atomic E-state index is 11.7. The van der Waals surface area contributed by atoms with Crippen LogP contribution in [0.1, 0.15) is 20.3 Å². The lowest BCUT2D eigenvalue weighted by Gasteiger charge is -2.14. The highest BCUT2D eigenvalue weighted by atomic mass is 16.4. The van der Waals surface area contributed by atoms with Crippen molar-refractivity contribution in [3.05, 3.63) is 0 Å². The first-order valence-corrected chi connectivity index (χ1v) is 8.83. The van der Waals surface area contributed by atoms with Crippen molar-refractivity contribution in [2.75, 3.05) is 32.7 Å². The summed E-state index contributed by atoms with van der Waals surface area (Å²) in [6.07, 6.45) is 0.471. The molecule has 0 aliphatic carbocycles. The van der Waals surface area contributed by atoms with Crippen molar-refractivity contribution in [1.29, 1.82) is 0 Å². The second-order valence-corrected chi connectivity index (χ2v) is 6.45. The van der Waals surface area contributed by atoms with Crippen LogP contribution in [0.15, 0.2) is 0 Å². The number of carboxylic acid groups (broad SMARTS) is 1. The van der Waals surface area contributed by atoms with Crippen LogP contribution >= 0.6 is 0 Å². The first kappa shape index (κ1) is 25.8. The van der Waals surface area contributed by atoms with E-state index in [1.807, 2.05) is 19.2 Å². The van der Waals surface area contributed by atoms with E-state index in [1.165, 1.54) is 0 Å². The fourth-order valence-corrected chi connectivity index (χ4v) is 1.87. The second-order valence-electron chi connectivity index (χ2n) is 6.45. The van der Waals surface area contributed by atoms with Gasteiger partial charge in [0.15, 0.2) is 0 Å². The molecule has 8 N–H and O–H groups in total. The fraction of sp³-hybridized carbons (Fsp3) is 0.625. The van der Waals surface area contributed by atoms with Gasteiger partial charge in [-0.2, -0.15) is 0 Å². The van der Waals surface area contributed by atoms with E-state index in [0.29, 0.717) is 6.42 Å². The van der Waals surface area contributed by atoms with Gasteiger partial charge in [0.2, 0.25) is 29.5 Å². The summed E-state index contributed by atoms with van der Waals surface area (Å²) in [5, 5.41) is 19.4. The molecule has 164 valence electrons. The number of carbonyl (C=O) groups excluding carboxylic acids is 5. The Morgan fingerprint density at radius 2 is 1.03 bits per heavy atom. The van der Waals surface area contributed by atoms with Crippen molar-refractivity contribution < 1.29 is 33.9 Å². The SMILES string of the molecule is CC(C)C[C@H](N)C(=O)NCC(=O)NCC(=O)NCC(=O)NCC(=O)NCC(=O)O. The van der Waals surface area contributed by atoms with Crippen LogP contribution in [0.5, 0.6) is 0 Å². The Morgan fingerprint density at radius 1 is 0.690 bits per heavy atom. The number of aliphatic carboxylic acids is 1. The van der Waals surface area contributed by atoms with E-state index >= 15 is 0 Å². The highest BCUT2D eigenvalue weighted by Gasteiger charge is 2.16. The van der Waals surface area contributed by atoms with Crippen LogP contribution in [0.3, 0.4) is 0 Å². The van der Waals surface area contributed by atoms with Crippen molar-refractivity contribution in [1.82, 2.24) is 26.6 Å². The Balaban J connectivity index is 3.93. The summed E-state index contributed by atoms with van der Waals surface area (Å²) in [4.78, 5) is 67.8. The molecule has 0 saturated carbocycles. The predicted octanol–water partition coefficient (Wildman–Crippen LogP) is -3.97. The van der Waals surface area contributed by atoms with E-state index in [-0.39, 0.29) is 12.5 Å². The molecule has 0 radical (unpaired) electrons. The van der Waals surface area contributed by atoms with E-state index in [9.17, 15) is 28.8 Å². The molecule has 0 bridgehead atoms. The van der Waals surface area contributed by atoms with Crippen molar-refractivity contribution in [3.8, 4) is 0 Å². The zero-order valence-electron chi connectivity index (χ0n) is 16.4. The minimum absolute atomic E-state index is 0.226. The Morgan fingerprint density at radius 3 is 1.38 bits per heavy atom. The molecule has 1 atom stereocenters. The first-order valence-electron chi connectivity index (χ1n) is 8.83. The van der Waals surface area contributed by atoms with Crippen LogP contribution in [0, 0.1) is 5.92 Å². The molecule has 29 heavy (non-hydrogen) atoms. The first-order chi connectivity index (χ1) is 13.5. The number of carbonyl (C=O) groups is 6. The molecule has 13 nitrogen and oxygen atoms in total. The van der Waals surface area contributed by atoms with Gasteiger partial charge in [-0.3, -0.25) is 28.8 Å². The third-order valence-corrected chi connectivity index (χ3v) is 3.26. The lowest BCUT2D eigenvalue weighted by molar-refractivity contribution is -0.137. The average molecular weight is 416 g/mol. The van der Waals surface area contributed by atoms with Gasteiger partial charge in [-0.1, -0.05) is 13.8 Å². The zero-order chi connectivity index (χ0) is 22.4. The van der Waals surface area contributed by atoms with E-state index in [0.717, 1.165) is 0 Å². The van der Waals surface area contributed by atoms with Crippen LogP contribution in [0.4, 0.5) is 0 Å². The molecule has 0 aromatic carbocycles. The Bertz CT molecular complexity index is 623. The molecule has 0 aromatic rings. The number of rotatable bonds is 13. The smallest absolute Gasteiger partial charge is 0.322 e. The molecular formula is C16H28N6O7. The molecule has 0 heterocycles. The third kappa shape index (κ3) is 14.5. The molecule has 13 heteroatoms. The van der Waals surface area contributed by atoms with Gasteiger partial charge in [0.05, 0.1) is 32.2 Å². The number of carboxylic acids is 1. The highest BCUT2D eigenvalue weighted by molar-refractivity contribution is 5.91. The van der Waals surface area contributed by atoms with Gasteiger partial charge in [-0.25, -0.2) is 0 Å². The molecule has 0 aliphatic rings. The highest BCUT2D eigenvalue weighted by Crippen LogP contribution is 2.02. The zero-order valence-corrected chi connectivity index (χ0v) is 16.4. The Labute approximate surface area is 167 Å². The van der Waals surface area contributed by atoms with E-state index < -0.39 is 67.7 Å². The topological polar surface area (TPSA) is 209 Å². The van der Waals surface area contributed by atoms with Gasteiger partial charge < -0.3 is 37.4 Å². The van der Waals surface area contributed by atoms with Crippen LogP contribution in [-0.4, -0.2) is 79.4 Å². The van der Waals surface area contributed by atoms with Crippen molar-refractivity contribution in [3.63, 3.8) is 0 Å². The molecule has 0 fully saturated rings. The van der Waals surface area contributed by atoms with E-state index in [4.69, 9.17) is 10.8 Å².